The third kappa shape index (κ3) is 3.11. The number of halogens is 1. The third-order valence-electron chi connectivity index (χ3n) is 3.61. The van der Waals surface area contributed by atoms with Gasteiger partial charge in [-0.3, -0.25) is 4.79 Å². The van der Waals surface area contributed by atoms with Crippen LogP contribution in [0.25, 0.3) is 0 Å². The van der Waals surface area contributed by atoms with Crippen LogP contribution in [0.15, 0.2) is 12.1 Å². The first-order chi connectivity index (χ1) is 9.22. The van der Waals surface area contributed by atoms with Crippen molar-refractivity contribution in [3.8, 4) is 0 Å². The molecule has 1 N–H and O–H groups in total. The summed E-state index contributed by atoms with van der Waals surface area (Å²) in [5, 5.41) is 3.06. The number of amides is 1. The second-order valence-electron chi connectivity index (χ2n) is 4.91. The van der Waals surface area contributed by atoms with Gasteiger partial charge in [0.15, 0.2) is 0 Å². The summed E-state index contributed by atoms with van der Waals surface area (Å²) in [4.78, 5) is 12.7. The van der Waals surface area contributed by atoms with Crippen molar-refractivity contribution >= 4 is 28.8 Å². The van der Waals surface area contributed by atoms with Gasteiger partial charge in [-0.25, -0.2) is 0 Å². The van der Waals surface area contributed by atoms with E-state index in [0.717, 1.165) is 19.3 Å². The maximum Gasteiger partial charge on any atom is 0.261 e. The molecular formula is C13H16ClNO3S. The van der Waals surface area contributed by atoms with Crippen molar-refractivity contribution < 1.29 is 14.3 Å². The maximum absolute atomic E-state index is 12.1. The fraction of sp³-hybridized carbons (Fsp3) is 0.615. The molecule has 1 saturated heterocycles. The van der Waals surface area contributed by atoms with Gasteiger partial charge in [0.25, 0.3) is 5.91 Å². The first-order valence-electron chi connectivity index (χ1n) is 6.52. The summed E-state index contributed by atoms with van der Waals surface area (Å²) in [5.74, 6) is -0.0444. The number of hydrogen-bond donors (Lipinski definition) is 1. The number of hydrogen-bond acceptors (Lipinski definition) is 4. The predicted molar refractivity (Wildman–Crippen MR) is 73.9 cm³/mol. The number of rotatable bonds is 2. The lowest BCUT2D eigenvalue weighted by atomic mass is 9.89. The van der Waals surface area contributed by atoms with Gasteiger partial charge in [0.05, 0.1) is 34.6 Å². The van der Waals surface area contributed by atoms with Gasteiger partial charge in [0, 0.05) is 6.04 Å². The zero-order chi connectivity index (χ0) is 13.2. The van der Waals surface area contributed by atoms with Crippen LogP contribution in [-0.4, -0.2) is 37.4 Å². The van der Waals surface area contributed by atoms with Gasteiger partial charge in [-0.1, -0.05) is 11.6 Å². The Morgan fingerprint density at radius 1 is 1.26 bits per heavy atom. The molecule has 2 aliphatic rings. The van der Waals surface area contributed by atoms with Crippen LogP contribution in [0.5, 0.6) is 0 Å². The van der Waals surface area contributed by atoms with Crippen LogP contribution < -0.4 is 5.32 Å². The molecule has 0 bridgehead atoms. The fourth-order valence-corrected chi connectivity index (χ4v) is 3.64. The number of ether oxygens (including phenoxy) is 2. The first kappa shape index (κ1) is 13.4. The topological polar surface area (TPSA) is 47.6 Å². The maximum atomic E-state index is 12.1. The minimum atomic E-state index is -0.0444. The molecule has 6 heteroatoms. The van der Waals surface area contributed by atoms with Crippen LogP contribution in [0.4, 0.5) is 0 Å². The molecular weight excluding hydrogens is 286 g/mol. The van der Waals surface area contributed by atoms with Crippen molar-refractivity contribution in [3.63, 3.8) is 0 Å². The largest absolute Gasteiger partial charge is 0.373 e. The molecule has 0 radical (unpaired) electrons. The van der Waals surface area contributed by atoms with E-state index in [2.05, 4.69) is 5.32 Å². The van der Waals surface area contributed by atoms with E-state index in [1.54, 1.807) is 12.1 Å². The molecule has 3 atom stereocenters. The van der Waals surface area contributed by atoms with Crippen molar-refractivity contribution in [3.05, 3.63) is 21.3 Å². The van der Waals surface area contributed by atoms with E-state index in [-0.39, 0.29) is 24.2 Å². The molecule has 19 heavy (non-hydrogen) atoms. The molecule has 1 aromatic rings. The SMILES string of the molecule is O=C(N[C@@H]1CC[C@@H]2OCCO[C@H]2C1)c1ccc(Cl)s1. The molecule has 0 unspecified atom stereocenters. The van der Waals surface area contributed by atoms with E-state index in [9.17, 15) is 4.79 Å². The molecule has 1 amide bonds. The Morgan fingerprint density at radius 3 is 2.79 bits per heavy atom. The van der Waals surface area contributed by atoms with E-state index >= 15 is 0 Å². The Hall–Kier alpha value is -0.620. The minimum absolute atomic E-state index is 0.0444. The van der Waals surface area contributed by atoms with Gasteiger partial charge in [0.1, 0.15) is 0 Å². The van der Waals surface area contributed by atoms with Crippen molar-refractivity contribution in [2.45, 2.75) is 37.5 Å². The fourth-order valence-electron chi connectivity index (χ4n) is 2.69. The average molecular weight is 302 g/mol. The molecule has 3 rings (SSSR count). The van der Waals surface area contributed by atoms with E-state index in [1.807, 2.05) is 0 Å². The lowest BCUT2D eigenvalue weighted by Crippen LogP contribution is -2.49. The quantitative estimate of drug-likeness (QED) is 0.913. The highest BCUT2D eigenvalue weighted by molar-refractivity contribution is 7.17. The van der Waals surface area contributed by atoms with Gasteiger partial charge in [-0.2, -0.15) is 0 Å². The van der Waals surface area contributed by atoms with Crippen molar-refractivity contribution in [1.29, 1.82) is 0 Å². The Bertz CT molecular complexity index is 464. The monoisotopic (exact) mass is 301 g/mol. The lowest BCUT2D eigenvalue weighted by molar-refractivity contribution is -0.157. The van der Waals surface area contributed by atoms with Crippen LogP contribution >= 0.6 is 22.9 Å². The van der Waals surface area contributed by atoms with E-state index in [0.29, 0.717) is 22.4 Å². The van der Waals surface area contributed by atoms with E-state index in [1.165, 1.54) is 11.3 Å². The highest BCUT2D eigenvalue weighted by atomic mass is 35.5. The standard InChI is InChI=1S/C13H16ClNO3S/c14-12-4-3-11(19-12)13(16)15-8-1-2-9-10(7-8)18-6-5-17-9/h3-4,8-10H,1-2,5-7H2,(H,15,16)/t8-,9+,10+/m1/s1. The molecule has 104 valence electrons. The zero-order valence-corrected chi connectivity index (χ0v) is 12.0. The summed E-state index contributed by atoms with van der Waals surface area (Å²) >= 11 is 7.14. The number of carbonyl (C=O) groups excluding carboxylic acids is 1. The smallest absolute Gasteiger partial charge is 0.261 e. The van der Waals surface area contributed by atoms with Gasteiger partial charge in [0.2, 0.25) is 0 Å². The Labute approximate surface area is 121 Å². The summed E-state index contributed by atoms with van der Waals surface area (Å²) in [6, 6.07) is 3.67. The van der Waals surface area contributed by atoms with Crippen LogP contribution in [0.2, 0.25) is 4.34 Å². The molecule has 0 spiro atoms. The van der Waals surface area contributed by atoms with Crippen molar-refractivity contribution in [2.24, 2.45) is 0 Å². The van der Waals surface area contributed by atoms with E-state index in [4.69, 9.17) is 21.1 Å². The molecule has 1 aliphatic heterocycles. The predicted octanol–water partition coefficient (Wildman–Crippen LogP) is 2.47. The molecule has 1 aromatic heterocycles. The number of fused-ring (bicyclic) bond motifs is 1. The van der Waals surface area contributed by atoms with Gasteiger partial charge in [-0.05, 0) is 31.4 Å². The third-order valence-corrected chi connectivity index (χ3v) is 4.84. The molecule has 1 saturated carbocycles. The molecule has 2 heterocycles. The highest BCUT2D eigenvalue weighted by Crippen LogP contribution is 2.27. The second-order valence-corrected chi connectivity index (χ2v) is 6.62. The number of nitrogens with one attached hydrogen (secondary N) is 1. The highest BCUT2D eigenvalue weighted by Gasteiger charge is 2.34. The van der Waals surface area contributed by atoms with Crippen LogP contribution in [0.1, 0.15) is 28.9 Å². The number of carbonyl (C=O) groups is 1. The van der Waals surface area contributed by atoms with Gasteiger partial charge < -0.3 is 14.8 Å². The Kier molecular flexibility index (Phi) is 4.07. The summed E-state index contributed by atoms with van der Waals surface area (Å²) in [6.07, 6.45) is 3.05. The van der Waals surface area contributed by atoms with Crippen LogP contribution in [-0.2, 0) is 9.47 Å². The normalized spacial score (nSPS) is 30.7. The van der Waals surface area contributed by atoms with Crippen molar-refractivity contribution in [1.82, 2.24) is 5.32 Å². The van der Waals surface area contributed by atoms with Crippen molar-refractivity contribution in [2.75, 3.05) is 13.2 Å². The lowest BCUT2D eigenvalue weighted by Gasteiger charge is -2.39. The minimum Gasteiger partial charge on any atom is -0.373 e. The summed E-state index contributed by atoms with van der Waals surface area (Å²) < 4.78 is 12.0. The average Bonchev–Trinajstić information content (AvgIpc) is 2.85. The summed E-state index contributed by atoms with van der Waals surface area (Å²) in [7, 11) is 0. The Morgan fingerprint density at radius 2 is 2.05 bits per heavy atom. The Balaban J connectivity index is 1.57. The molecule has 1 aliphatic carbocycles. The summed E-state index contributed by atoms with van der Waals surface area (Å²) in [6.45, 7) is 1.34. The first-order valence-corrected chi connectivity index (χ1v) is 7.71. The van der Waals surface area contributed by atoms with Gasteiger partial charge >= 0.3 is 0 Å². The van der Waals surface area contributed by atoms with Crippen LogP contribution in [0, 0.1) is 0 Å². The van der Waals surface area contributed by atoms with Crippen LogP contribution in [0.3, 0.4) is 0 Å². The molecule has 4 nitrogen and oxygen atoms in total. The summed E-state index contributed by atoms with van der Waals surface area (Å²) in [5.41, 5.74) is 0. The zero-order valence-electron chi connectivity index (χ0n) is 10.4. The molecule has 0 aromatic carbocycles. The second kappa shape index (κ2) is 5.79. The molecule has 2 fully saturated rings. The van der Waals surface area contributed by atoms with Gasteiger partial charge in [-0.15, -0.1) is 11.3 Å². The number of thiophene rings is 1. The van der Waals surface area contributed by atoms with E-state index < -0.39 is 0 Å².